The van der Waals surface area contributed by atoms with Crippen molar-refractivity contribution in [2.45, 2.75) is 245 Å². The van der Waals surface area contributed by atoms with Crippen LogP contribution in [-0.4, -0.2) is 69.4 Å². The van der Waals surface area contributed by atoms with Crippen molar-refractivity contribution < 1.29 is 37.3 Å². The Morgan fingerprint density at radius 3 is 1.39 bits per heavy atom. The number of nitrogens with one attached hydrogen (secondary N) is 1. The summed E-state index contributed by atoms with van der Waals surface area (Å²) in [5, 5.41) is 3.00. The fourth-order valence-electron chi connectivity index (χ4n) is 7.76. The van der Waals surface area contributed by atoms with Gasteiger partial charge in [-0.05, 0) is 102 Å². The molecule has 0 heterocycles. The van der Waals surface area contributed by atoms with E-state index in [9.17, 15) is 19.0 Å². The SMILES string of the molecule is CC/C=C/C/C=C/C/C=C/CCCCCCCCC(=O)NC(COP(=O)([O-])OCC[N+](C)(C)C)C(/C=C/CCCCCCCCCCCCC)OC(=O)CCC/C=C\C/C=C\C/C=C\C/C=C\CCCCC. The molecular formula is C62H109N2O7P. The molecule has 9 nitrogen and oxygen atoms in total. The lowest BCUT2D eigenvalue weighted by Crippen LogP contribution is -2.47. The molecule has 3 unspecified atom stereocenters. The zero-order valence-corrected chi connectivity index (χ0v) is 48.0. The summed E-state index contributed by atoms with van der Waals surface area (Å²) in [5.41, 5.74) is 0. The third kappa shape index (κ3) is 51.8. The third-order valence-corrected chi connectivity index (χ3v) is 13.2. The molecule has 414 valence electrons. The highest BCUT2D eigenvalue weighted by Gasteiger charge is 2.27. The van der Waals surface area contributed by atoms with Gasteiger partial charge in [0.1, 0.15) is 19.3 Å². The number of carbonyl (C=O) groups excluding carboxylic acids is 2. The molecule has 0 spiro atoms. The van der Waals surface area contributed by atoms with Gasteiger partial charge in [-0.25, -0.2) is 0 Å². The molecular weight excluding hydrogens is 916 g/mol. The number of hydrogen-bond donors (Lipinski definition) is 1. The standard InChI is InChI=1S/C62H109N2O7P/c1-7-10-13-16-19-22-25-28-30-32-34-37-40-43-46-49-52-55-62(66)71-60(53-50-47-44-41-38-35-27-24-21-18-15-12-9-3)59(58-70-72(67,68)69-57-56-64(4,5)6)63-61(65)54-51-48-45-42-39-36-33-31-29-26-23-20-17-14-11-8-2/h11,14,19-20,22-23,28-31,34,37,43,46,50,53,59-60H,7-10,12-13,15-18,21,24-27,32-33,35-36,38-42,44-45,47-49,51-52,54-58H2,1-6H3,(H-,63,65,67,68)/b14-11+,22-19-,23-20+,30-28-,31-29+,37-34-,46-43-,53-50+. The number of allylic oxidation sites excluding steroid dienone is 15. The fraction of sp³-hybridized carbons (Fsp3) is 0.710. The number of esters is 1. The minimum Gasteiger partial charge on any atom is -0.756 e. The molecule has 0 aromatic carbocycles. The number of hydrogen-bond acceptors (Lipinski definition) is 7. The van der Waals surface area contributed by atoms with Crippen molar-refractivity contribution in [3.63, 3.8) is 0 Å². The number of quaternary nitrogens is 1. The molecule has 0 aliphatic rings. The van der Waals surface area contributed by atoms with Crippen LogP contribution in [0.4, 0.5) is 0 Å². The number of carbonyl (C=O) groups is 2. The van der Waals surface area contributed by atoms with Crippen LogP contribution in [0.1, 0.15) is 233 Å². The Hall–Kier alpha value is -3.07. The predicted molar refractivity (Wildman–Crippen MR) is 307 cm³/mol. The number of phosphoric acid groups is 1. The first kappa shape index (κ1) is 68.9. The smallest absolute Gasteiger partial charge is 0.306 e. The van der Waals surface area contributed by atoms with E-state index >= 15 is 0 Å². The van der Waals surface area contributed by atoms with E-state index in [4.69, 9.17) is 13.8 Å². The van der Waals surface area contributed by atoms with Crippen LogP contribution in [-0.2, 0) is 27.9 Å². The quantitative estimate of drug-likeness (QED) is 0.0212. The lowest BCUT2D eigenvalue weighted by molar-refractivity contribution is -0.870. The molecule has 3 atom stereocenters. The summed E-state index contributed by atoms with van der Waals surface area (Å²) < 4.78 is 30.2. The van der Waals surface area contributed by atoms with Gasteiger partial charge in [0.25, 0.3) is 7.82 Å². The van der Waals surface area contributed by atoms with Crippen LogP contribution < -0.4 is 10.2 Å². The second-order valence-corrected chi connectivity index (χ2v) is 21.8. The van der Waals surface area contributed by atoms with Crippen molar-refractivity contribution in [1.82, 2.24) is 5.32 Å². The number of likely N-dealkylation sites (N-methyl/N-ethyl adjacent to an activating group) is 1. The van der Waals surface area contributed by atoms with Crippen LogP contribution in [0.25, 0.3) is 0 Å². The van der Waals surface area contributed by atoms with Gasteiger partial charge in [0, 0.05) is 12.8 Å². The van der Waals surface area contributed by atoms with Crippen LogP contribution in [0.2, 0.25) is 0 Å². The molecule has 1 amide bonds. The number of unbranched alkanes of at least 4 members (excludes halogenated alkanes) is 21. The highest BCUT2D eigenvalue weighted by Crippen LogP contribution is 2.38. The molecule has 0 aromatic rings. The summed E-state index contributed by atoms with van der Waals surface area (Å²) in [7, 11) is 1.13. The first-order valence-electron chi connectivity index (χ1n) is 29.0. The summed E-state index contributed by atoms with van der Waals surface area (Å²) in [6.45, 7) is 6.64. The average molecular weight is 1030 g/mol. The number of amides is 1. The molecule has 72 heavy (non-hydrogen) atoms. The lowest BCUT2D eigenvalue weighted by atomic mass is 10.0. The highest BCUT2D eigenvalue weighted by atomic mass is 31.2. The Bertz CT molecular complexity index is 1560. The Labute approximate surface area is 443 Å². The molecule has 0 saturated heterocycles. The van der Waals surface area contributed by atoms with E-state index in [1.165, 1.54) is 83.5 Å². The maximum Gasteiger partial charge on any atom is 0.306 e. The van der Waals surface area contributed by atoms with Crippen molar-refractivity contribution in [2.24, 2.45) is 0 Å². The second kappa shape index (κ2) is 51.4. The largest absolute Gasteiger partial charge is 0.756 e. The van der Waals surface area contributed by atoms with E-state index in [-0.39, 0.29) is 25.4 Å². The van der Waals surface area contributed by atoms with Gasteiger partial charge in [0.15, 0.2) is 0 Å². The minimum atomic E-state index is -4.72. The summed E-state index contributed by atoms with van der Waals surface area (Å²) >= 11 is 0. The molecule has 0 fully saturated rings. The number of ether oxygens (including phenoxy) is 1. The van der Waals surface area contributed by atoms with Crippen LogP contribution in [0.5, 0.6) is 0 Å². The van der Waals surface area contributed by atoms with Gasteiger partial charge in [-0.1, -0.05) is 215 Å². The first-order valence-corrected chi connectivity index (χ1v) is 30.5. The first-order chi connectivity index (χ1) is 34.9. The van der Waals surface area contributed by atoms with Gasteiger partial charge in [0.2, 0.25) is 5.91 Å². The van der Waals surface area contributed by atoms with Crippen LogP contribution in [0.3, 0.4) is 0 Å². The molecule has 10 heteroatoms. The lowest BCUT2D eigenvalue weighted by Gasteiger charge is -2.30. The molecule has 0 bridgehead atoms. The number of nitrogens with zero attached hydrogens (tertiary/aromatic N) is 1. The van der Waals surface area contributed by atoms with Crippen molar-refractivity contribution in [3.05, 3.63) is 97.2 Å². The van der Waals surface area contributed by atoms with Crippen LogP contribution >= 0.6 is 7.82 Å². The van der Waals surface area contributed by atoms with Gasteiger partial charge in [-0.3, -0.25) is 14.2 Å². The third-order valence-electron chi connectivity index (χ3n) is 12.2. The predicted octanol–water partition coefficient (Wildman–Crippen LogP) is 17.0. The fourth-order valence-corrected chi connectivity index (χ4v) is 8.49. The number of phosphoric ester groups is 1. The minimum absolute atomic E-state index is 0.0380. The van der Waals surface area contributed by atoms with Gasteiger partial charge in [-0.15, -0.1) is 0 Å². The summed E-state index contributed by atoms with van der Waals surface area (Å²) in [4.78, 5) is 39.9. The van der Waals surface area contributed by atoms with Crippen molar-refractivity contribution in [1.29, 1.82) is 0 Å². The maximum atomic E-state index is 13.5. The van der Waals surface area contributed by atoms with E-state index < -0.39 is 32.5 Å². The van der Waals surface area contributed by atoms with Crippen LogP contribution in [0.15, 0.2) is 97.2 Å². The maximum absolute atomic E-state index is 13.5. The summed E-state index contributed by atoms with van der Waals surface area (Å²) in [6.07, 6.45) is 68.0. The topological polar surface area (TPSA) is 114 Å². The zero-order chi connectivity index (χ0) is 52.9. The van der Waals surface area contributed by atoms with Crippen molar-refractivity contribution in [2.75, 3.05) is 40.9 Å². The molecule has 0 aliphatic carbocycles. The Balaban J connectivity index is 5.49. The van der Waals surface area contributed by atoms with E-state index in [1.807, 2.05) is 27.2 Å². The van der Waals surface area contributed by atoms with Crippen LogP contribution in [0, 0.1) is 0 Å². The van der Waals surface area contributed by atoms with E-state index in [0.29, 0.717) is 23.9 Å². The molecule has 0 radical (unpaired) electrons. The van der Waals surface area contributed by atoms with E-state index in [1.54, 1.807) is 6.08 Å². The van der Waals surface area contributed by atoms with Crippen molar-refractivity contribution >= 4 is 19.7 Å². The zero-order valence-electron chi connectivity index (χ0n) is 47.1. The highest BCUT2D eigenvalue weighted by molar-refractivity contribution is 7.45. The van der Waals surface area contributed by atoms with E-state index in [2.05, 4.69) is 111 Å². The Kier molecular flexibility index (Phi) is 49.2. The average Bonchev–Trinajstić information content (AvgIpc) is 3.34. The molecule has 0 aliphatic heterocycles. The van der Waals surface area contributed by atoms with Gasteiger partial charge in [0.05, 0.1) is 33.8 Å². The van der Waals surface area contributed by atoms with Crippen molar-refractivity contribution in [3.8, 4) is 0 Å². The van der Waals surface area contributed by atoms with Gasteiger partial charge in [-0.2, -0.15) is 0 Å². The molecule has 0 rings (SSSR count). The normalized spacial score (nSPS) is 14.5. The van der Waals surface area contributed by atoms with Gasteiger partial charge >= 0.3 is 5.97 Å². The Morgan fingerprint density at radius 1 is 0.500 bits per heavy atom. The summed E-state index contributed by atoms with van der Waals surface area (Å²) in [5.74, 6) is -0.627. The molecule has 1 N–H and O–H groups in total. The van der Waals surface area contributed by atoms with Gasteiger partial charge < -0.3 is 28.5 Å². The van der Waals surface area contributed by atoms with E-state index in [0.717, 1.165) is 103 Å². The second-order valence-electron chi connectivity index (χ2n) is 20.4. The molecule has 0 saturated carbocycles. The Morgan fingerprint density at radius 2 is 0.903 bits per heavy atom. The summed E-state index contributed by atoms with van der Waals surface area (Å²) in [6, 6.07) is -0.922. The number of rotatable bonds is 51. The molecule has 0 aromatic heterocycles. The monoisotopic (exact) mass is 1020 g/mol.